The van der Waals surface area contributed by atoms with Crippen LogP contribution in [0.3, 0.4) is 0 Å². The molecular weight excluding hydrogens is 320 g/mol. The summed E-state index contributed by atoms with van der Waals surface area (Å²) in [7, 11) is 0. The van der Waals surface area contributed by atoms with Crippen LogP contribution in [0.2, 0.25) is 0 Å². The third kappa shape index (κ3) is 5.35. The first-order valence-electron chi connectivity index (χ1n) is 7.67. The molecule has 0 amide bonds. The number of carbonyl (C=O) groups excluding carboxylic acids is 1. The normalized spacial score (nSPS) is 10.5. The maximum atomic E-state index is 12.3. The highest BCUT2D eigenvalue weighted by Crippen LogP contribution is 2.29. The van der Waals surface area contributed by atoms with Crippen molar-refractivity contribution >= 4 is 18.1 Å². The number of carbonyl (C=O) groups is 1. The third-order valence-corrected chi connectivity index (χ3v) is 3.10. The van der Waals surface area contributed by atoms with E-state index in [0.717, 1.165) is 5.56 Å². The zero-order valence-electron chi connectivity index (χ0n) is 14.1. The number of hydrogen-bond acceptors (Lipinski definition) is 5. The van der Waals surface area contributed by atoms with Crippen molar-refractivity contribution in [3.8, 4) is 11.5 Å². The van der Waals surface area contributed by atoms with E-state index in [9.17, 15) is 4.79 Å². The van der Waals surface area contributed by atoms with Gasteiger partial charge in [-0.3, -0.25) is 0 Å². The minimum Gasteiger partial charge on any atom is -0.490 e. The number of benzene rings is 2. The number of guanidine groups is 1. The van der Waals surface area contributed by atoms with Crippen LogP contribution in [0, 0.1) is 6.92 Å². The summed E-state index contributed by atoms with van der Waals surface area (Å²) < 4.78 is 11.0. The van der Waals surface area contributed by atoms with Gasteiger partial charge in [0.1, 0.15) is 0 Å². The number of esters is 1. The summed E-state index contributed by atoms with van der Waals surface area (Å²) in [5.41, 5.74) is 12.6. The van der Waals surface area contributed by atoms with E-state index >= 15 is 0 Å². The minimum atomic E-state index is -0.452. The third-order valence-electron chi connectivity index (χ3n) is 3.10. The molecule has 2 aromatic rings. The van der Waals surface area contributed by atoms with Gasteiger partial charge in [-0.25, -0.2) is 4.79 Å². The lowest BCUT2D eigenvalue weighted by atomic mass is 10.1. The topological polar surface area (TPSA) is 112 Å². The molecular formula is C18H20N4O3. The van der Waals surface area contributed by atoms with E-state index in [1.165, 1.54) is 6.21 Å². The molecule has 0 heterocycles. The van der Waals surface area contributed by atoms with E-state index in [-0.39, 0.29) is 5.96 Å². The zero-order chi connectivity index (χ0) is 18.2. The van der Waals surface area contributed by atoms with Crippen LogP contribution < -0.4 is 20.9 Å². The molecule has 130 valence electrons. The zero-order valence-corrected chi connectivity index (χ0v) is 14.1. The number of nitrogens with zero attached hydrogens (tertiary/aromatic N) is 2. The summed E-state index contributed by atoms with van der Waals surface area (Å²) >= 11 is 0. The van der Waals surface area contributed by atoms with Gasteiger partial charge >= 0.3 is 5.97 Å². The molecule has 0 radical (unpaired) electrons. The lowest BCUT2D eigenvalue weighted by molar-refractivity contribution is 0.0728. The Balaban J connectivity index is 2.23. The van der Waals surface area contributed by atoms with Crippen molar-refractivity contribution in [2.75, 3.05) is 6.61 Å². The van der Waals surface area contributed by atoms with Crippen LogP contribution in [0.15, 0.2) is 52.7 Å². The van der Waals surface area contributed by atoms with Crippen molar-refractivity contribution in [2.45, 2.75) is 13.8 Å². The summed E-state index contributed by atoms with van der Waals surface area (Å²) in [4.78, 5) is 12.3. The van der Waals surface area contributed by atoms with Crippen LogP contribution in [0.5, 0.6) is 11.5 Å². The van der Waals surface area contributed by atoms with Gasteiger partial charge in [-0.1, -0.05) is 17.7 Å². The maximum Gasteiger partial charge on any atom is 0.343 e. The summed E-state index contributed by atoms with van der Waals surface area (Å²) in [6.45, 7) is 4.17. The maximum absolute atomic E-state index is 12.3. The first-order chi connectivity index (χ1) is 12.0. The van der Waals surface area contributed by atoms with Crippen molar-refractivity contribution in [1.29, 1.82) is 0 Å². The highest BCUT2D eigenvalue weighted by molar-refractivity contribution is 5.91. The van der Waals surface area contributed by atoms with E-state index in [2.05, 4.69) is 10.2 Å². The monoisotopic (exact) mass is 340 g/mol. The van der Waals surface area contributed by atoms with E-state index in [0.29, 0.717) is 29.2 Å². The quantitative estimate of drug-likeness (QED) is 0.275. The Morgan fingerprint density at radius 1 is 1.16 bits per heavy atom. The molecule has 0 saturated carbocycles. The fraction of sp³-hybridized carbons (Fsp3) is 0.167. The van der Waals surface area contributed by atoms with Crippen molar-refractivity contribution in [3.05, 3.63) is 59.2 Å². The van der Waals surface area contributed by atoms with Gasteiger partial charge in [0.15, 0.2) is 11.5 Å². The molecule has 0 aliphatic heterocycles. The second kappa shape index (κ2) is 8.49. The lowest BCUT2D eigenvalue weighted by Crippen LogP contribution is -2.21. The van der Waals surface area contributed by atoms with Gasteiger partial charge in [-0.05, 0) is 49.7 Å². The Morgan fingerprint density at radius 2 is 1.96 bits per heavy atom. The van der Waals surface area contributed by atoms with Crippen molar-refractivity contribution < 1.29 is 14.3 Å². The molecule has 0 atom stereocenters. The smallest absolute Gasteiger partial charge is 0.343 e. The van der Waals surface area contributed by atoms with E-state index in [1.807, 2.05) is 19.9 Å². The molecule has 0 spiro atoms. The fourth-order valence-electron chi connectivity index (χ4n) is 2.05. The predicted molar refractivity (Wildman–Crippen MR) is 97.2 cm³/mol. The number of ether oxygens (including phenoxy) is 2. The summed E-state index contributed by atoms with van der Waals surface area (Å²) in [5.74, 6) is 0.168. The van der Waals surface area contributed by atoms with E-state index < -0.39 is 5.97 Å². The van der Waals surface area contributed by atoms with Crippen LogP contribution >= 0.6 is 0 Å². The minimum absolute atomic E-state index is 0.134. The molecule has 0 aliphatic rings. The number of rotatable bonds is 6. The van der Waals surface area contributed by atoms with Crippen molar-refractivity contribution in [1.82, 2.24) is 0 Å². The fourth-order valence-corrected chi connectivity index (χ4v) is 2.05. The molecule has 0 bridgehead atoms. The molecule has 2 rings (SSSR count). The van der Waals surface area contributed by atoms with E-state index in [1.54, 1.807) is 36.4 Å². The van der Waals surface area contributed by atoms with Crippen LogP contribution in [-0.4, -0.2) is 24.8 Å². The number of hydrogen-bond donors (Lipinski definition) is 2. The molecule has 0 unspecified atom stereocenters. The first kappa shape index (κ1) is 18.0. The SMILES string of the molecule is CCOc1cc(/C=N\N=C(N)N)ccc1OC(=O)c1cccc(C)c1. The Hall–Kier alpha value is -3.35. The van der Waals surface area contributed by atoms with Crippen LogP contribution in [-0.2, 0) is 0 Å². The highest BCUT2D eigenvalue weighted by Gasteiger charge is 2.13. The van der Waals surface area contributed by atoms with Gasteiger partial charge in [0, 0.05) is 0 Å². The second-order valence-corrected chi connectivity index (χ2v) is 5.17. The first-order valence-corrected chi connectivity index (χ1v) is 7.67. The van der Waals surface area contributed by atoms with Gasteiger partial charge in [0.2, 0.25) is 5.96 Å². The summed E-state index contributed by atoms with van der Waals surface area (Å²) in [6, 6.07) is 12.2. The van der Waals surface area contributed by atoms with Gasteiger partial charge in [-0.15, -0.1) is 5.10 Å². The highest BCUT2D eigenvalue weighted by atomic mass is 16.6. The van der Waals surface area contributed by atoms with Crippen LogP contribution in [0.25, 0.3) is 0 Å². The molecule has 2 aromatic carbocycles. The Labute approximate surface area is 146 Å². The Bertz CT molecular complexity index is 812. The predicted octanol–water partition coefficient (Wildman–Crippen LogP) is 2.22. The number of nitrogens with two attached hydrogens (primary N) is 2. The molecule has 0 aliphatic carbocycles. The number of aryl methyl sites for hydroxylation is 1. The van der Waals surface area contributed by atoms with Crippen molar-refractivity contribution in [3.63, 3.8) is 0 Å². The molecule has 25 heavy (non-hydrogen) atoms. The average Bonchev–Trinajstić information content (AvgIpc) is 2.57. The van der Waals surface area contributed by atoms with Crippen LogP contribution in [0.1, 0.15) is 28.4 Å². The Kier molecular flexibility index (Phi) is 6.11. The van der Waals surface area contributed by atoms with Crippen LogP contribution in [0.4, 0.5) is 0 Å². The second-order valence-electron chi connectivity index (χ2n) is 5.17. The van der Waals surface area contributed by atoms with Crippen molar-refractivity contribution in [2.24, 2.45) is 21.7 Å². The summed E-state index contributed by atoms with van der Waals surface area (Å²) in [5, 5.41) is 7.27. The van der Waals surface area contributed by atoms with Gasteiger partial charge < -0.3 is 20.9 Å². The molecule has 4 N–H and O–H groups in total. The molecule has 7 heteroatoms. The average molecular weight is 340 g/mol. The molecule has 0 saturated heterocycles. The molecule has 7 nitrogen and oxygen atoms in total. The summed E-state index contributed by atoms with van der Waals surface area (Å²) in [6.07, 6.45) is 1.47. The van der Waals surface area contributed by atoms with E-state index in [4.69, 9.17) is 20.9 Å². The largest absolute Gasteiger partial charge is 0.490 e. The molecule has 0 aromatic heterocycles. The molecule has 0 fully saturated rings. The standard InChI is InChI=1S/C18H20N4O3/c1-3-24-16-10-13(11-21-22-18(19)20)7-8-15(16)25-17(23)14-6-4-5-12(2)9-14/h4-11H,3H2,1-2H3,(H4,19,20,22)/b21-11-. The van der Waals surface area contributed by atoms with Gasteiger partial charge in [0.25, 0.3) is 0 Å². The van der Waals surface area contributed by atoms with Gasteiger partial charge in [-0.2, -0.15) is 5.10 Å². The van der Waals surface area contributed by atoms with Gasteiger partial charge in [0.05, 0.1) is 18.4 Å². The lowest BCUT2D eigenvalue weighted by Gasteiger charge is -2.11. The Morgan fingerprint density at radius 3 is 2.64 bits per heavy atom.